The number of halogens is 2. The van der Waals surface area contributed by atoms with Crippen molar-refractivity contribution in [3.8, 4) is 0 Å². The van der Waals surface area contributed by atoms with Crippen LogP contribution >= 0.6 is 0 Å². The Kier molecular flexibility index (Phi) is 4.76. The van der Waals surface area contributed by atoms with Gasteiger partial charge in [-0.2, -0.15) is 0 Å². The van der Waals surface area contributed by atoms with Crippen LogP contribution in [0.3, 0.4) is 0 Å². The van der Waals surface area contributed by atoms with Gasteiger partial charge in [0.1, 0.15) is 11.6 Å². The van der Waals surface area contributed by atoms with Crippen LogP contribution in [-0.2, 0) is 11.3 Å². The van der Waals surface area contributed by atoms with Crippen LogP contribution in [0.5, 0.6) is 0 Å². The first-order valence-electron chi connectivity index (χ1n) is 7.23. The maximum absolute atomic E-state index is 13.8. The van der Waals surface area contributed by atoms with Crippen molar-refractivity contribution in [3.05, 3.63) is 35.4 Å². The van der Waals surface area contributed by atoms with E-state index in [-0.39, 0.29) is 5.60 Å². The molecule has 0 amide bonds. The van der Waals surface area contributed by atoms with Crippen LogP contribution in [0.2, 0.25) is 0 Å². The minimum atomic E-state index is -0.526. The Hall–Kier alpha value is -1.00. The molecule has 112 valence electrons. The number of ether oxygens (including phenoxy) is 1. The Morgan fingerprint density at radius 2 is 2.10 bits per heavy atom. The van der Waals surface area contributed by atoms with Gasteiger partial charge in [0.2, 0.25) is 0 Å². The number of nitrogens with zero attached hydrogens (tertiary/aromatic N) is 1. The molecule has 1 unspecified atom stereocenters. The van der Waals surface area contributed by atoms with Crippen LogP contribution in [0.25, 0.3) is 0 Å². The zero-order chi connectivity index (χ0) is 14.8. The summed E-state index contributed by atoms with van der Waals surface area (Å²) in [4.78, 5) is 2.25. The second-order valence-electron chi connectivity index (χ2n) is 6.05. The topological polar surface area (TPSA) is 12.5 Å². The summed E-state index contributed by atoms with van der Waals surface area (Å²) < 4.78 is 32.5. The lowest BCUT2D eigenvalue weighted by Crippen LogP contribution is -2.45. The maximum atomic E-state index is 13.8. The van der Waals surface area contributed by atoms with Gasteiger partial charge in [-0.25, -0.2) is 8.78 Å². The Bertz CT molecular complexity index is 462. The van der Waals surface area contributed by atoms with Crippen LogP contribution < -0.4 is 0 Å². The highest BCUT2D eigenvalue weighted by molar-refractivity contribution is 5.18. The van der Waals surface area contributed by atoms with E-state index in [4.69, 9.17) is 4.74 Å². The van der Waals surface area contributed by atoms with Crippen molar-refractivity contribution in [1.82, 2.24) is 4.90 Å². The molecule has 1 aromatic carbocycles. The largest absolute Gasteiger partial charge is 0.375 e. The molecule has 1 heterocycles. The van der Waals surface area contributed by atoms with Crippen molar-refractivity contribution in [2.75, 3.05) is 13.2 Å². The minimum absolute atomic E-state index is 0.127. The summed E-state index contributed by atoms with van der Waals surface area (Å²) >= 11 is 0. The van der Waals surface area contributed by atoms with Gasteiger partial charge in [-0.1, -0.05) is 13.0 Å². The molecule has 2 nitrogen and oxygen atoms in total. The fourth-order valence-corrected chi connectivity index (χ4v) is 2.88. The summed E-state index contributed by atoms with van der Waals surface area (Å²) in [7, 11) is 0. The van der Waals surface area contributed by atoms with Crippen LogP contribution in [0.15, 0.2) is 18.2 Å². The van der Waals surface area contributed by atoms with Crippen LogP contribution in [0, 0.1) is 11.6 Å². The Labute approximate surface area is 119 Å². The highest BCUT2D eigenvalue weighted by atomic mass is 19.1. The first-order valence-corrected chi connectivity index (χ1v) is 7.23. The highest BCUT2D eigenvalue weighted by Crippen LogP contribution is 2.28. The number of hydrogen-bond donors (Lipinski definition) is 0. The fraction of sp³-hybridized carbons (Fsp3) is 0.625. The van der Waals surface area contributed by atoms with Crippen molar-refractivity contribution < 1.29 is 13.5 Å². The molecule has 0 saturated carbocycles. The standard InChI is InChI=1S/C16H23F2NO/c1-4-19(14-7-8-20-16(2,3)10-14)11-12-5-6-13(17)9-15(12)18/h5-6,9,14H,4,7-8,10-11H2,1-3H3. The molecule has 0 spiro atoms. The molecule has 1 fully saturated rings. The van der Waals surface area contributed by atoms with E-state index in [1.165, 1.54) is 12.1 Å². The molecule has 0 N–H and O–H groups in total. The molecule has 4 heteroatoms. The first kappa shape index (κ1) is 15.4. The predicted octanol–water partition coefficient (Wildman–Crippen LogP) is 3.74. The molecule has 1 aliphatic rings. The lowest BCUT2D eigenvalue weighted by Gasteiger charge is -2.41. The van der Waals surface area contributed by atoms with E-state index in [1.807, 2.05) is 0 Å². The van der Waals surface area contributed by atoms with Crippen molar-refractivity contribution >= 4 is 0 Å². The minimum Gasteiger partial charge on any atom is -0.375 e. The summed E-state index contributed by atoms with van der Waals surface area (Å²) in [6.07, 6.45) is 1.89. The fourth-order valence-electron chi connectivity index (χ4n) is 2.88. The Morgan fingerprint density at radius 1 is 1.35 bits per heavy atom. The van der Waals surface area contributed by atoms with E-state index >= 15 is 0 Å². The monoisotopic (exact) mass is 283 g/mol. The van der Waals surface area contributed by atoms with Crippen molar-refractivity contribution in [3.63, 3.8) is 0 Å². The van der Waals surface area contributed by atoms with Crippen LogP contribution in [-0.4, -0.2) is 29.7 Å². The van der Waals surface area contributed by atoms with Gasteiger partial charge in [-0.3, -0.25) is 4.90 Å². The summed E-state index contributed by atoms with van der Waals surface area (Å²) in [5.41, 5.74) is 0.426. The molecule has 2 rings (SSSR count). The van der Waals surface area contributed by atoms with Crippen molar-refractivity contribution in [1.29, 1.82) is 0 Å². The molecule has 1 atom stereocenters. The van der Waals surface area contributed by atoms with E-state index in [0.29, 0.717) is 18.2 Å². The maximum Gasteiger partial charge on any atom is 0.130 e. The average molecular weight is 283 g/mol. The first-order chi connectivity index (χ1) is 9.41. The summed E-state index contributed by atoms with van der Waals surface area (Å²) in [6, 6.07) is 4.20. The van der Waals surface area contributed by atoms with Gasteiger partial charge in [0.25, 0.3) is 0 Å². The predicted molar refractivity (Wildman–Crippen MR) is 75.5 cm³/mol. The molecule has 0 aromatic heterocycles. The SMILES string of the molecule is CCN(Cc1ccc(F)cc1F)C1CCOC(C)(C)C1. The number of rotatable bonds is 4. The number of hydrogen-bond acceptors (Lipinski definition) is 2. The van der Waals surface area contributed by atoms with Gasteiger partial charge < -0.3 is 4.74 Å². The van der Waals surface area contributed by atoms with Gasteiger partial charge in [0.15, 0.2) is 0 Å². The quantitative estimate of drug-likeness (QED) is 0.834. The van der Waals surface area contributed by atoms with Crippen LogP contribution in [0.1, 0.15) is 39.2 Å². The normalized spacial score (nSPS) is 22.2. The molecule has 0 aliphatic carbocycles. The molecule has 1 aliphatic heterocycles. The van der Waals surface area contributed by atoms with E-state index in [0.717, 1.165) is 32.1 Å². The summed E-state index contributed by atoms with van der Waals surface area (Å²) in [5.74, 6) is -0.990. The second kappa shape index (κ2) is 6.19. The number of benzene rings is 1. The summed E-state index contributed by atoms with van der Waals surface area (Å²) in [6.45, 7) is 8.35. The average Bonchev–Trinajstić information content (AvgIpc) is 2.36. The summed E-state index contributed by atoms with van der Waals surface area (Å²) in [5, 5.41) is 0. The van der Waals surface area contributed by atoms with Gasteiger partial charge in [-0.15, -0.1) is 0 Å². The van der Waals surface area contributed by atoms with E-state index in [2.05, 4.69) is 25.7 Å². The Balaban J connectivity index is 2.08. The van der Waals surface area contributed by atoms with E-state index < -0.39 is 11.6 Å². The van der Waals surface area contributed by atoms with Crippen molar-refractivity contribution in [2.45, 2.75) is 51.8 Å². The molecule has 1 saturated heterocycles. The van der Waals surface area contributed by atoms with Gasteiger partial charge in [0, 0.05) is 30.8 Å². The molecular formula is C16H23F2NO. The van der Waals surface area contributed by atoms with Gasteiger partial charge >= 0.3 is 0 Å². The molecule has 1 aromatic rings. The third-order valence-corrected chi connectivity index (χ3v) is 3.98. The molecule has 0 bridgehead atoms. The van der Waals surface area contributed by atoms with E-state index in [9.17, 15) is 8.78 Å². The third kappa shape index (κ3) is 3.76. The molecule has 0 radical (unpaired) electrons. The zero-order valence-corrected chi connectivity index (χ0v) is 12.5. The third-order valence-electron chi connectivity index (χ3n) is 3.98. The molecular weight excluding hydrogens is 260 g/mol. The Morgan fingerprint density at radius 3 is 2.70 bits per heavy atom. The van der Waals surface area contributed by atoms with Gasteiger partial charge in [-0.05, 0) is 39.3 Å². The smallest absolute Gasteiger partial charge is 0.130 e. The van der Waals surface area contributed by atoms with Crippen molar-refractivity contribution in [2.24, 2.45) is 0 Å². The highest BCUT2D eigenvalue weighted by Gasteiger charge is 2.31. The molecule has 20 heavy (non-hydrogen) atoms. The zero-order valence-electron chi connectivity index (χ0n) is 12.5. The lowest BCUT2D eigenvalue weighted by molar-refractivity contribution is -0.0839. The van der Waals surface area contributed by atoms with Crippen LogP contribution in [0.4, 0.5) is 8.78 Å². The van der Waals surface area contributed by atoms with E-state index in [1.54, 1.807) is 0 Å². The van der Waals surface area contributed by atoms with Gasteiger partial charge in [0.05, 0.1) is 5.60 Å². The second-order valence-corrected chi connectivity index (χ2v) is 6.05. The lowest BCUT2D eigenvalue weighted by atomic mass is 9.92.